The zero-order valence-electron chi connectivity index (χ0n) is 9.70. The molecule has 1 aromatic rings. The fourth-order valence-electron chi connectivity index (χ4n) is 1.21. The van der Waals surface area contributed by atoms with Crippen LogP contribution < -0.4 is 5.32 Å². The second-order valence-corrected chi connectivity index (χ2v) is 4.28. The van der Waals surface area contributed by atoms with Crippen LogP contribution in [0.25, 0.3) is 0 Å². The minimum Gasteiger partial charge on any atom is -0.348 e. The third kappa shape index (κ3) is 3.45. The fraction of sp³-hybridized carbons (Fsp3) is 0.545. The van der Waals surface area contributed by atoms with E-state index >= 15 is 0 Å². The number of nitrogens with one attached hydrogen (secondary N) is 1. The van der Waals surface area contributed by atoms with E-state index in [1.165, 1.54) is 0 Å². The molecule has 1 rings (SSSR count). The van der Waals surface area contributed by atoms with Crippen molar-refractivity contribution in [2.24, 2.45) is 5.92 Å². The van der Waals surface area contributed by atoms with Gasteiger partial charge in [0.25, 0.3) is 5.91 Å². The first-order valence-corrected chi connectivity index (χ1v) is 5.72. The Hall–Kier alpha value is -1.16. The number of amides is 1. The van der Waals surface area contributed by atoms with Crippen LogP contribution in [0, 0.1) is 5.92 Å². The van der Waals surface area contributed by atoms with Gasteiger partial charge >= 0.3 is 0 Å². The van der Waals surface area contributed by atoms with E-state index in [1.54, 1.807) is 12.1 Å². The molecule has 4 nitrogen and oxygen atoms in total. The number of aromatic nitrogens is 2. The van der Waals surface area contributed by atoms with Crippen LogP contribution >= 0.6 is 11.6 Å². The first-order chi connectivity index (χ1) is 7.54. The van der Waals surface area contributed by atoms with E-state index in [0.717, 1.165) is 6.42 Å². The van der Waals surface area contributed by atoms with E-state index in [4.69, 9.17) is 11.6 Å². The van der Waals surface area contributed by atoms with E-state index < -0.39 is 0 Å². The molecule has 88 valence electrons. The average molecular weight is 242 g/mol. The van der Waals surface area contributed by atoms with Crippen molar-refractivity contribution in [3.8, 4) is 0 Å². The second-order valence-electron chi connectivity index (χ2n) is 3.89. The predicted octanol–water partition coefficient (Wildman–Crippen LogP) is 2.29. The summed E-state index contributed by atoms with van der Waals surface area (Å²) in [6.07, 6.45) is 1.02. The van der Waals surface area contributed by atoms with Crippen LogP contribution in [0.4, 0.5) is 0 Å². The molecule has 0 fully saturated rings. The van der Waals surface area contributed by atoms with Crippen molar-refractivity contribution in [3.63, 3.8) is 0 Å². The van der Waals surface area contributed by atoms with Gasteiger partial charge in [0.15, 0.2) is 10.8 Å². The number of hydrogen-bond acceptors (Lipinski definition) is 3. The van der Waals surface area contributed by atoms with Gasteiger partial charge < -0.3 is 5.32 Å². The molecule has 2 atom stereocenters. The van der Waals surface area contributed by atoms with Gasteiger partial charge in [-0.2, -0.15) is 0 Å². The summed E-state index contributed by atoms with van der Waals surface area (Å²) in [7, 11) is 0. The van der Waals surface area contributed by atoms with Gasteiger partial charge in [-0.3, -0.25) is 4.79 Å². The maximum atomic E-state index is 11.7. The van der Waals surface area contributed by atoms with Crippen molar-refractivity contribution in [3.05, 3.63) is 23.0 Å². The molecule has 0 aliphatic rings. The standard InChI is InChI=1S/C11H16ClN3O/c1-4-7(2)8(3)13-11(16)9-5-6-10(12)15-14-9/h5-8H,4H2,1-3H3,(H,13,16). The van der Waals surface area contributed by atoms with Gasteiger partial charge in [-0.1, -0.05) is 31.9 Å². The van der Waals surface area contributed by atoms with E-state index in [9.17, 15) is 4.79 Å². The van der Waals surface area contributed by atoms with Crippen molar-refractivity contribution in [1.29, 1.82) is 0 Å². The summed E-state index contributed by atoms with van der Waals surface area (Å²) in [5.41, 5.74) is 0.291. The number of hydrogen-bond donors (Lipinski definition) is 1. The summed E-state index contributed by atoms with van der Waals surface area (Å²) in [5.74, 6) is 0.223. The molecule has 0 saturated carbocycles. The molecular formula is C11H16ClN3O. The van der Waals surface area contributed by atoms with Crippen LogP contribution in [0.2, 0.25) is 5.15 Å². The Kier molecular flexibility index (Phi) is 4.68. The van der Waals surface area contributed by atoms with Gasteiger partial charge in [0.1, 0.15) is 0 Å². The van der Waals surface area contributed by atoms with Crippen molar-refractivity contribution in [2.75, 3.05) is 0 Å². The van der Waals surface area contributed by atoms with Crippen molar-refractivity contribution in [2.45, 2.75) is 33.2 Å². The molecule has 2 unspecified atom stereocenters. The Balaban J connectivity index is 2.62. The van der Waals surface area contributed by atoms with Crippen molar-refractivity contribution >= 4 is 17.5 Å². The maximum Gasteiger partial charge on any atom is 0.272 e. The van der Waals surface area contributed by atoms with Gasteiger partial charge in [-0.05, 0) is 25.0 Å². The number of nitrogens with zero attached hydrogens (tertiary/aromatic N) is 2. The lowest BCUT2D eigenvalue weighted by atomic mass is 10.0. The first kappa shape index (κ1) is 12.9. The van der Waals surface area contributed by atoms with Crippen LogP contribution in [0.15, 0.2) is 12.1 Å². The lowest BCUT2D eigenvalue weighted by molar-refractivity contribution is 0.0922. The highest BCUT2D eigenvalue weighted by Gasteiger charge is 2.15. The Bertz CT molecular complexity index is 353. The predicted molar refractivity (Wildman–Crippen MR) is 63.4 cm³/mol. The highest BCUT2D eigenvalue weighted by Crippen LogP contribution is 2.08. The van der Waals surface area contributed by atoms with Crippen LogP contribution in [-0.4, -0.2) is 22.1 Å². The number of rotatable bonds is 4. The summed E-state index contributed by atoms with van der Waals surface area (Å²) >= 11 is 5.59. The zero-order valence-corrected chi connectivity index (χ0v) is 10.5. The molecule has 1 N–H and O–H groups in total. The van der Waals surface area contributed by atoms with E-state index in [-0.39, 0.29) is 17.1 Å². The van der Waals surface area contributed by atoms with Crippen LogP contribution in [0.5, 0.6) is 0 Å². The highest BCUT2D eigenvalue weighted by molar-refractivity contribution is 6.29. The summed E-state index contributed by atoms with van der Waals surface area (Å²) in [4.78, 5) is 11.7. The Morgan fingerprint density at radius 2 is 2.12 bits per heavy atom. The molecular weight excluding hydrogens is 226 g/mol. The SMILES string of the molecule is CCC(C)C(C)NC(=O)c1ccc(Cl)nn1. The molecule has 0 spiro atoms. The average Bonchev–Trinajstić information content (AvgIpc) is 2.28. The molecule has 1 amide bonds. The van der Waals surface area contributed by atoms with E-state index in [2.05, 4.69) is 29.4 Å². The summed E-state index contributed by atoms with van der Waals surface area (Å²) in [6, 6.07) is 3.24. The van der Waals surface area contributed by atoms with Gasteiger partial charge in [0.2, 0.25) is 0 Å². The maximum absolute atomic E-state index is 11.7. The Morgan fingerprint density at radius 3 is 2.62 bits per heavy atom. The molecule has 0 aromatic carbocycles. The van der Waals surface area contributed by atoms with Crippen molar-refractivity contribution < 1.29 is 4.79 Å². The zero-order chi connectivity index (χ0) is 12.1. The minimum atomic E-state index is -0.211. The van der Waals surface area contributed by atoms with Crippen LogP contribution in [0.1, 0.15) is 37.7 Å². The van der Waals surface area contributed by atoms with Gasteiger partial charge in [0.05, 0.1) is 0 Å². The first-order valence-electron chi connectivity index (χ1n) is 5.34. The minimum absolute atomic E-state index is 0.120. The second kappa shape index (κ2) is 5.80. The largest absolute Gasteiger partial charge is 0.348 e. The quantitative estimate of drug-likeness (QED) is 0.880. The molecule has 5 heteroatoms. The molecule has 0 aliphatic carbocycles. The molecule has 16 heavy (non-hydrogen) atoms. The number of carbonyl (C=O) groups is 1. The Morgan fingerprint density at radius 1 is 1.44 bits per heavy atom. The fourth-order valence-corrected chi connectivity index (χ4v) is 1.31. The lowest BCUT2D eigenvalue weighted by Gasteiger charge is -2.19. The smallest absolute Gasteiger partial charge is 0.272 e. The van der Waals surface area contributed by atoms with Crippen LogP contribution in [-0.2, 0) is 0 Å². The summed E-state index contributed by atoms with van der Waals surface area (Å²) in [6.45, 7) is 6.17. The summed E-state index contributed by atoms with van der Waals surface area (Å²) in [5, 5.41) is 10.5. The molecule has 1 aromatic heterocycles. The van der Waals surface area contributed by atoms with E-state index in [1.807, 2.05) is 6.92 Å². The third-order valence-electron chi connectivity index (χ3n) is 2.72. The third-order valence-corrected chi connectivity index (χ3v) is 2.92. The molecule has 0 saturated heterocycles. The molecule has 0 bridgehead atoms. The highest BCUT2D eigenvalue weighted by atomic mass is 35.5. The topological polar surface area (TPSA) is 54.9 Å². The lowest BCUT2D eigenvalue weighted by Crippen LogP contribution is -2.37. The van der Waals surface area contributed by atoms with Gasteiger partial charge in [-0.15, -0.1) is 10.2 Å². The number of halogens is 1. The van der Waals surface area contributed by atoms with E-state index in [0.29, 0.717) is 11.6 Å². The molecule has 1 heterocycles. The monoisotopic (exact) mass is 241 g/mol. The van der Waals surface area contributed by atoms with Crippen LogP contribution in [0.3, 0.4) is 0 Å². The summed E-state index contributed by atoms with van der Waals surface area (Å²) < 4.78 is 0. The van der Waals surface area contributed by atoms with Gasteiger partial charge in [-0.25, -0.2) is 0 Å². The molecule has 0 radical (unpaired) electrons. The Labute approximate surface area is 100 Å². The molecule has 0 aliphatic heterocycles. The normalized spacial score (nSPS) is 14.2. The number of carbonyl (C=O) groups excluding carboxylic acids is 1. The van der Waals surface area contributed by atoms with Gasteiger partial charge in [0, 0.05) is 6.04 Å². The van der Waals surface area contributed by atoms with Crippen molar-refractivity contribution in [1.82, 2.24) is 15.5 Å².